The Morgan fingerprint density at radius 3 is 2.61 bits per heavy atom. The number of aromatic nitrogens is 1. The molecular formula is C36H37N3O7. The second kappa shape index (κ2) is 13.8. The third-order valence-corrected chi connectivity index (χ3v) is 8.28. The molecule has 0 saturated heterocycles. The SMILES string of the molecule is COc1cc(C(=O)N2CCc3cc4c(OC)cc3C2c2ccc(OC)c(c2)OCCCNC(=O)CCc2cccc(c2)O4)ccn1. The van der Waals surface area contributed by atoms with Crippen molar-refractivity contribution in [1.29, 1.82) is 0 Å². The lowest BCUT2D eigenvalue weighted by Crippen LogP contribution is -2.40. The number of fused-ring (bicyclic) bond motifs is 8. The number of carbonyl (C=O) groups excluding carboxylic acids is 2. The molecule has 238 valence electrons. The minimum Gasteiger partial charge on any atom is -0.493 e. The predicted molar refractivity (Wildman–Crippen MR) is 171 cm³/mol. The Labute approximate surface area is 268 Å². The molecule has 0 radical (unpaired) electrons. The molecule has 10 heteroatoms. The highest BCUT2D eigenvalue weighted by Gasteiger charge is 2.35. The first-order chi connectivity index (χ1) is 22.5. The van der Waals surface area contributed by atoms with Crippen LogP contribution in [0.1, 0.15) is 51.5 Å². The summed E-state index contributed by atoms with van der Waals surface area (Å²) in [7, 11) is 4.72. The van der Waals surface area contributed by atoms with Gasteiger partial charge in [-0.15, -0.1) is 0 Å². The summed E-state index contributed by atoms with van der Waals surface area (Å²) in [6, 6.07) is 20.3. The Morgan fingerprint density at radius 2 is 1.78 bits per heavy atom. The molecular weight excluding hydrogens is 586 g/mol. The summed E-state index contributed by atoms with van der Waals surface area (Å²) in [5.74, 6) is 3.07. The zero-order valence-electron chi connectivity index (χ0n) is 26.2. The van der Waals surface area contributed by atoms with Gasteiger partial charge in [-0.1, -0.05) is 18.2 Å². The van der Waals surface area contributed by atoms with E-state index in [0.717, 1.165) is 22.3 Å². The summed E-state index contributed by atoms with van der Waals surface area (Å²) in [5.41, 5.74) is 4.28. The fourth-order valence-electron chi connectivity index (χ4n) is 5.96. The largest absolute Gasteiger partial charge is 0.493 e. The van der Waals surface area contributed by atoms with E-state index in [1.54, 1.807) is 32.5 Å². The van der Waals surface area contributed by atoms with Crippen molar-refractivity contribution in [3.05, 3.63) is 101 Å². The number of rotatable bonds is 4. The normalized spacial score (nSPS) is 16.4. The van der Waals surface area contributed by atoms with Crippen LogP contribution in [-0.4, -0.2) is 62.7 Å². The zero-order valence-corrected chi connectivity index (χ0v) is 26.2. The lowest BCUT2D eigenvalue weighted by molar-refractivity contribution is -0.121. The second-order valence-electron chi connectivity index (χ2n) is 11.2. The van der Waals surface area contributed by atoms with E-state index in [4.69, 9.17) is 23.7 Å². The molecule has 1 unspecified atom stereocenters. The fourth-order valence-corrected chi connectivity index (χ4v) is 5.96. The molecule has 3 aliphatic rings. The van der Waals surface area contributed by atoms with Crippen molar-refractivity contribution >= 4 is 11.8 Å². The van der Waals surface area contributed by atoms with E-state index in [2.05, 4.69) is 10.3 Å². The van der Waals surface area contributed by atoms with Crippen LogP contribution in [0.5, 0.6) is 34.6 Å². The van der Waals surface area contributed by atoms with Gasteiger partial charge in [-0.3, -0.25) is 9.59 Å². The first kappa shape index (κ1) is 30.8. The van der Waals surface area contributed by atoms with Gasteiger partial charge in [-0.2, -0.15) is 0 Å². The molecule has 8 bridgehead atoms. The molecule has 0 aliphatic carbocycles. The minimum absolute atomic E-state index is 0.0243. The lowest BCUT2D eigenvalue weighted by atomic mass is 9.87. The monoisotopic (exact) mass is 623 g/mol. The van der Waals surface area contributed by atoms with Gasteiger partial charge >= 0.3 is 0 Å². The minimum atomic E-state index is -0.472. The Bertz CT molecular complexity index is 1740. The third kappa shape index (κ3) is 6.56. The maximum absolute atomic E-state index is 14.2. The molecule has 4 heterocycles. The number of methoxy groups -OCH3 is 3. The molecule has 10 nitrogen and oxygen atoms in total. The third-order valence-electron chi connectivity index (χ3n) is 8.28. The lowest BCUT2D eigenvalue weighted by Gasteiger charge is -2.38. The van der Waals surface area contributed by atoms with Gasteiger partial charge in [0.25, 0.3) is 5.91 Å². The van der Waals surface area contributed by atoms with Crippen molar-refractivity contribution in [2.45, 2.75) is 31.7 Å². The van der Waals surface area contributed by atoms with Crippen LogP contribution in [0, 0.1) is 0 Å². The number of hydrogen-bond acceptors (Lipinski definition) is 8. The molecule has 4 aromatic rings. The molecule has 1 N–H and O–H groups in total. The first-order valence-corrected chi connectivity index (χ1v) is 15.3. The van der Waals surface area contributed by atoms with E-state index in [-0.39, 0.29) is 11.8 Å². The van der Waals surface area contributed by atoms with Crippen molar-refractivity contribution in [1.82, 2.24) is 15.2 Å². The van der Waals surface area contributed by atoms with E-state index in [1.165, 1.54) is 7.11 Å². The molecule has 0 fully saturated rings. The van der Waals surface area contributed by atoms with Crippen molar-refractivity contribution in [2.75, 3.05) is 41.0 Å². The number of aryl methyl sites for hydroxylation is 1. The van der Waals surface area contributed by atoms with Crippen LogP contribution in [-0.2, 0) is 17.6 Å². The maximum Gasteiger partial charge on any atom is 0.254 e. The Balaban J connectivity index is 1.47. The van der Waals surface area contributed by atoms with Crippen LogP contribution in [0.4, 0.5) is 0 Å². The second-order valence-corrected chi connectivity index (χ2v) is 11.2. The molecule has 0 spiro atoms. The number of amides is 2. The van der Waals surface area contributed by atoms with Crippen LogP contribution in [0.2, 0.25) is 0 Å². The first-order valence-electron chi connectivity index (χ1n) is 15.3. The van der Waals surface area contributed by atoms with Gasteiger partial charge in [0.15, 0.2) is 23.0 Å². The molecule has 46 heavy (non-hydrogen) atoms. The van der Waals surface area contributed by atoms with E-state index >= 15 is 0 Å². The number of hydrogen-bond donors (Lipinski definition) is 1. The molecule has 0 saturated carbocycles. The van der Waals surface area contributed by atoms with Crippen molar-refractivity contribution in [3.8, 4) is 34.6 Å². The van der Waals surface area contributed by atoms with Gasteiger partial charge in [0.05, 0.1) is 34.0 Å². The van der Waals surface area contributed by atoms with Gasteiger partial charge < -0.3 is 33.9 Å². The van der Waals surface area contributed by atoms with Gasteiger partial charge in [0, 0.05) is 37.3 Å². The zero-order chi connectivity index (χ0) is 32.0. The van der Waals surface area contributed by atoms with E-state index < -0.39 is 6.04 Å². The molecule has 2 amide bonds. The summed E-state index contributed by atoms with van der Waals surface area (Å²) in [6.45, 7) is 1.32. The topological polar surface area (TPSA) is 108 Å². The quantitative estimate of drug-likeness (QED) is 0.317. The van der Waals surface area contributed by atoms with E-state index in [9.17, 15) is 9.59 Å². The van der Waals surface area contributed by atoms with Gasteiger partial charge in [0.1, 0.15) is 5.75 Å². The predicted octanol–water partition coefficient (Wildman–Crippen LogP) is 5.52. The molecule has 3 aliphatic heterocycles. The highest BCUT2D eigenvalue weighted by Crippen LogP contribution is 2.44. The number of nitrogens with zero attached hydrogens (tertiary/aromatic N) is 2. The highest BCUT2D eigenvalue weighted by molar-refractivity contribution is 5.95. The number of ether oxygens (including phenoxy) is 5. The summed E-state index contributed by atoms with van der Waals surface area (Å²) in [4.78, 5) is 32.7. The van der Waals surface area contributed by atoms with Gasteiger partial charge in [-0.05, 0) is 84.0 Å². The van der Waals surface area contributed by atoms with Crippen LogP contribution >= 0.6 is 0 Å². The Morgan fingerprint density at radius 1 is 0.913 bits per heavy atom. The Hall–Kier alpha value is -5.25. The highest BCUT2D eigenvalue weighted by atomic mass is 16.5. The van der Waals surface area contributed by atoms with Crippen LogP contribution in [0.3, 0.4) is 0 Å². The van der Waals surface area contributed by atoms with Gasteiger partial charge in [-0.25, -0.2) is 4.98 Å². The van der Waals surface area contributed by atoms with Crippen molar-refractivity contribution < 1.29 is 33.3 Å². The van der Waals surface area contributed by atoms with Crippen molar-refractivity contribution in [2.24, 2.45) is 0 Å². The van der Waals surface area contributed by atoms with Crippen LogP contribution in [0.15, 0.2) is 72.9 Å². The van der Waals surface area contributed by atoms with Crippen LogP contribution in [0.25, 0.3) is 0 Å². The van der Waals surface area contributed by atoms with Gasteiger partial charge in [0.2, 0.25) is 11.8 Å². The van der Waals surface area contributed by atoms with E-state index in [0.29, 0.717) is 85.6 Å². The Kier molecular flexibility index (Phi) is 9.23. The molecule has 3 aromatic carbocycles. The smallest absolute Gasteiger partial charge is 0.254 e. The average Bonchev–Trinajstić information content (AvgIpc) is 3.09. The number of pyridine rings is 1. The van der Waals surface area contributed by atoms with Crippen molar-refractivity contribution in [3.63, 3.8) is 0 Å². The fraction of sp³-hybridized carbons (Fsp3) is 0.306. The molecule has 7 rings (SSSR count). The molecule has 1 atom stereocenters. The number of nitrogens with one attached hydrogen (secondary N) is 1. The number of carbonyl (C=O) groups is 2. The summed E-state index contributed by atoms with van der Waals surface area (Å²) in [6.07, 6.45) is 3.74. The maximum atomic E-state index is 14.2. The van der Waals surface area contributed by atoms with Crippen LogP contribution < -0.4 is 29.0 Å². The standard InChI is InChI=1S/C36H37N3O7/c1-42-29-10-9-25-20-31(29)45-17-5-14-37-33(40)11-8-23-6-4-7-27(18-23)46-32-19-24-13-16-39(35(25)28(24)22-30(32)43-2)36(41)26-12-15-38-34(21-26)44-3/h4,6-7,9-10,12,15,18-22,35H,5,8,11,13-14,16-17H2,1-3H3,(H,37,40). The summed E-state index contributed by atoms with van der Waals surface area (Å²) < 4.78 is 29.4. The average molecular weight is 624 g/mol. The summed E-state index contributed by atoms with van der Waals surface area (Å²) in [5, 5.41) is 2.98. The summed E-state index contributed by atoms with van der Waals surface area (Å²) >= 11 is 0. The van der Waals surface area contributed by atoms with E-state index in [1.807, 2.05) is 59.5 Å². The number of benzene rings is 3. The molecule has 1 aromatic heterocycles.